The first kappa shape index (κ1) is 49.4. The van der Waals surface area contributed by atoms with Crippen LogP contribution in [0.3, 0.4) is 0 Å². The summed E-state index contributed by atoms with van der Waals surface area (Å²) in [6.07, 6.45) is 3.40. The maximum atomic E-state index is 2.72. The fourth-order valence-electron chi connectivity index (χ4n) is 12.6. The molecule has 4 heteroatoms. The summed E-state index contributed by atoms with van der Waals surface area (Å²) in [6.45, 7) is 38.4. The van der Waals surface area contributed by atoms with Crippen molar-refractivity contribution in [1.29, 1.82) is 0 Å². The molecule has 0 unspecified atom stereocenters. The molecular formula is C69H77BN2S. The topological polar surface area (TPSA) is 6.48 Å². The fourth-order valence-corrected chi connectivity index (χ4v) is 14.0. The second kappa shape index (κ2) is 17.1. The third kappa shape index (κ3) is 8.03. The second-order valence-electron chi connectivity index (χ2n) is 26.4. The van der Waals surface area contributed by atoms with E-state index >= 15 is 0 Å². The highest BCUT2D eigenvalue weighted by Crippen LogP contribution is 2.54. The van der Waals surface area contributed by atoms with Gasteiger partial charge in [0.2, 0.25) is 0 Å². The van der Waals surface area contributed by atoms with Crippen LogP contribution in [-0.4, -0.2) is 6.71 Å². The molecule has 11 rings (SSSR count). The van der Waals surface area contributed by atoms with Crippen LogP contribution in [0.25, 0.3) is 32.3 Å². The van der Waals surface area contributed by atoms with E-state index in [-0.39, 0.29) is 33.8 Å². The van der Waals surface area contributed by atoms with E-state index < -0.39 is 0 Å². The quantitative estimate of drug-likeness (QED) is 0.147. The zero-order valence-electron chi connectivity index (χ0n) is 46.8. The number of rotatable bonds is 7. The number of hydrogen-bond donors (Lipinski definition) is 0. The van der Waals surface area contributed by atoms with E-state index in [0.717, 1.165) is 6.42 Å². The van der Waals surface area contributed by atoms with Gasteiger partial charge in [0.1, 0.15) is 0 Å². The first-order valence-electron chi connectivity index (χ1n) is 27.3. The van der Waals surface area contributed by atoms with Gasteiger partial charge >= 0.3 is 0 Å². The summed E-state index contributed by atoms with van der Waals surface area (Å²) < 4.78 is 2.79. The number of anilines is 6. The Morgan fingerprint density at radius 1 is 0.589 bits per heavy atom. The first-order valence-corrected chi connectivity index (χ1v) is 28.2. The lowest BCUT2D eigenvalue weighted by atomic mass is 9.36. The van der Waals surface area contributed by atoms with E-state index in [4.69, 9.17) is 0 Å². The maximum Gasteiger partial charge on any atom is 0.264 e. The van der Waals surface area contributed by atoms with E-state index in [1.54, 1.807) is 0 Å². The Kier molecular flexibility index (Phi) is 11.6. The van der Waals surface area contributed by atoms with Crippen LogP contribution >= 0.6 is 11.3 Å². The van der Waals surface area contributed by atoms with Crippen LogP contribution in [0.5, 0.6) is 0 Å². The van der Waals surface area contributed by atoms with E-state index in [9.17, 15) is 0 Å². The zero-order chi connectivity index (χ0) is 51.9. The van der Waals surface area contributed by atoms with Crippen molar-refractivity contribution < 1.29 is 0 Å². The molecule has 0 saturated carbocycles. The Bertz CT molecular complexity index is 3500. The first-order chi connectivity index (χ1) is 34.4. The number of thiophene rings is 1. The van der Waals surface area contributed by atoms with Crippen molar-refractivity contribution in [2.24, 2.45) is 0 Å². The second-order valence-corrected chi connectivity index (χ2v) is 27.5. The average molecular weight is 977 g/mol. The van der Waals surface area contributed by atoms with Gasteiger partial charge in [-0.05, 0) is 174 Å². The minimum absolute atomic E-state index is 0.0230. The Labute approximate surface area is 443 Å². The lowest BCUT2D eigenvalue weighted by Crippen LogP contribution is -2.60. The summed E-state index contributed by atoms with van der Waals surface area (Å²) >= 11 is 2.03. The molecule has 1 aliphatic carbocycles. The molecule has 2 aliphatic heterocycles. The Balaban J connectivity index is 1.29. The monoisotopic (exact) mass is 977 g/mol. The van der Waals surface area contributed by atoms with Crippen molar-refractivity contribution in [1.82, 2.24) is 0 Å². The normalized spacial score (nSPS) is 15.9. The third-order valence-electron chi connectivity index (χ3n) is 17.6. The molecule has 0 bridgehead atoms. The number of benzene rings is 7. The van der Waals surface area contributed by atoms with E-state index in [2.05, 4.69) is 254 Å². The van der Waals surface area contributed by atoms with Crippen LogP contribution in [0.15, 0.2) is 133 Å². The van der Waals surface area contributed by atoms with Crippen LogP contribution in [0.1, 0.15) is 168 Å². The van der Waals surface area contributed by atoms with Crippen LogP contribution in [-0.2, 0) is 27.1 Å². The molecule has 73 heavy (non-hydrogen) atoms. The molecule has 0 fully saturated rings. The van der Waals surface area contributed by atoms with Crippen LogP contribution < -0.4 is 25.5 Å². The van der Waals surface area contributed by atoms with Gasteiger partial charge < -0.3 is 9.80 Å². The Morgan fingerprint density at radius 3 is 1.86 bits per heavy atom. The van der Waals surface area contributed by atoms with Crippen molar-refractivity contribution in [2.45, 2.75) is 163 Å². The number of aryl methyl sites for hydroxylation is 1. The van der Waals surface area contributed by atoms with Crippen LogP contribution in [0, 0.1) is 6.92 Å². The maximum absolute atomic E-state index is 2.72. The predicted octanol–water partition coefficient (Wildman–Crippen LogP) is 18.4. The van der Waals surface area contributed by atoms with Gasteiger partial charge in [-0.1, -0.05) is 189 Å². The molecule has 0 atom stereocenters. The van der Waals surface area contributed by atoms with Gasteiger partial charge in [-0.3, -0.25) is 0 Å². The largest absolute Gasteiger partial charge is 0.311 e. The van der Waals surface area contributed by atoms with Crippen molar-refractivity contribution >= 4 is 78.0 Å². The van der Waals surface area contributed by atoms with Crippen molar-refractivity contribution in [3.05, 3.63) is 172 Å². The molecule has 3 aliphatic rings. The zero-order valence-corrected chi connectivity index (χ0v) is 47.6. The van der Waals surface area contributed by atoms with Gasteiger partial charge in [-0.15, -0.1) is 11.3 Å². The van der Waals surface area contributed by atoms with E-state index in [1.807, 2.05) is 11.3 Å². The van der Waals surface area contributed by atoms with E-state index in [1.165, 1.54) is 134 Å². The number of hydrogen-bond acceptors (Lipinski definition) is 3. The molecule has 3 heterocycles. The third-order valence-corrected chi connectivity index (χ3v) is 18.8. The van der Waals surface area contributed by atoms with Gasteiger partial charge in [0.25, 0.3) is 6.71 Å². The number of fused-ring (bicyclic) bond motifs is 7. The standard InChI is InChI=1S/C69H77BN2S/c1-17-67(11,12)54-41-58(52(40-51(54)42(2)3)49-26-22-21-25-48(49)44-23-19-18-20-24-44)72-57-32-28-45(65(5,6)7)37-56(57)70-62-59(35-43(4)36-60(62)72)71(47-29-31-53-55(39-47)69(15,16)34-33-68(53,13)14)63-50-30-27-46(66(8,9)10)38-61(50)73-64(63)70/h18-32,35-42H,17,33-34H2,1-16H3. The summed E-state index contributed by atoms with van der Waals surface area (Å²) in [5.41, 5.74) is 25.4. The van der Waals surface area contributed by atoms with Gasteiger partial charge in [0.05, 0.1) is 11.4 Å². The molecule has 0 radical (unpaired) electrons. The minimum atomic E-state index is -0.0570. The highest BCUT2D eigenvalue weighted by Gasteiger charge is 2.47. The molecule has 0 amide bonds. The molecule has 372 valence electrons. The Hall–Kier alpha value is -5.84. The smallest absolute Gasteiger partial charge is 0.264 e. The minimum Gasteiger partial charge on any atom is -0.311 e. The average Bonchev–Trinajstić information content (AvgIpc) is 3.73. The predicted molar refractivity (Wildman–Crippen MR) is 322 cm³/mol. The highest BCUT2D eigenvalue weighted by molar-refractivity contribution is 7.33. The Morgan fingerprint density at radius 2 is 1.21 bits per heavy atom. The molecule has 8 aromatic rings. The fraction of sp³-hybridized carbons (Fsp3) is 0.362. The van der Waals surface area contributed by atoms with Crippen molar-refractivity contribution in [2.75, 3.05) is 9.80 Å². The summed E-state index contributed by atoms with van der Waals surface area (Å²) in [7, 11) is 0. The van der Waals surface area contributed by atoms with Gasteiger partial charge in [0.15, 0.2) is 0 Å². The SMILES string of the molecule is CCC(C)(C)c1cc(N2c3ccc(C(C)(C)C)cc3B3c4sc5cc(C(C)(C)C)ccc5c4N(c4ccc5c(c4)C(C)(C)CCC5(C)C)c4cc(C)cc2c43)c(-c2ccccc2-c2ccccc2)cc1C(C)C. The summed E-state index contributed by atoms with van der Waals surface area (Å²) in [5.74, 6) is 0.336. The number of nitrogens with zero attached hydrogens (tertiary/aromatic N) is 2. The summed E-state index contributed by atoms with van der Waals surface area (Å²) in [6, 6.07) is 52.8. The molecule has 7 aromatic carbocycles. The molecule has 0 spiro atoms. The molecule has 2 nitrogen and oxygen atoms in total. The van der Waals surface area contributed by atoms with Crippen molar-refractivity contribution in [3.8, 4) is 22.3 Å². The van der Waals surface area contributed by atoms with Gasteiger partial charge in [-0.25, -0.2) is 0 Å². The molecule has 0 saturated heterocycles. The lowest BCUT2D eigenvalue weighted by molar-refractivity contribution is 0.332. The molecule has 0 N–H and O–H groups in total. The van der Waals surface area contributed by atoms with Gasteiger partial charge in [-0.2, -0.15) is 0 Å². The van der Waals surface area contributed by atoms with E-state index in [0.29, 0.717) is 5.92 Å². The van der Waals surface area contributed by atoms with Crippen LogP contribution in [0.4, 0.5) is 34.1 Å². The molecular weight excluding hydrogens is 900 g/mol. The van der Waals surface area contributed by atoms with Crippen LogP contribution in [0.2, 0.25) is 0 Å². The van der Waals surface area contributed by atoms with Crippen molar-refractivity contribution in [3.63, 3.8) is 0 Å². The summed E-state index contributed by atoms with van der Waals surface area (Å²) in [4.78, 5) is 5.42. The lowest BCUT2D eigenvalue weighted by Gasteiger charge is -2.45. The summed E-state index contributed by atoms with van der Waals surface area (Å²) in [5, 5.41) is 1.34. The van der Waals surface area contributed by atoms with Gasteiger partial charge in [0, 0.05) is 43.2 Å². The molecule has 1 aromatic heterocycles. The highest BCUT2D eigenvalue weighted by atomic mass is 32.1.